The molecule has 0 fully saturated rings. The molecule has 2 rings (SSSR count). The van der Waals surface area contributed by atoms with Crippen LogP contribution in [0.2, 0.25) is 0 Å². The molecule has 8 heteroatoms. The minimum Gasteiger partial charge on any atom is -0.481 e. The number of aromatic nitrogens is 4. The molecule has 1 heterocycles. The number of aliphatic carboxylic acids is 1. The van der Waals surface area contributed by atoms with Crippen LogP contribution in [-0.4, -0.2) is 55.2 Å². The third-order valence-electron chi connectivity index (χ3n) is 3.80. The van der Waals surface area contributed by atoms with E-state index in [1.807, 2.05) is 37.3 Å². The average Bonchev–Trinajstić information content (AvgIpc) is 2.99. The van der Waals surface area contributed by atoms with Gasteiger partial charge in [-0.1, -0.05) is 30.3 Å². The molecule has 0 radical (unpaired) electrons. The van der Waals surface area contributed by atoms with E-state index in [0.717, 1.165) is 5.56 Å². The monoisotopic (exact) mass is 331 g/mol. The Balaban J connectivity index is 2.25. The Morgan fingerprint density at radius 1 is 1.29 bits per heavy atom. The Morgan fingerprint density at radius 3 is 2.54 bits per heavy atom. The van der Waals surface area contributed by atoms with Crippen LogP contribution in [0.3, 0.4) is 0 Å². The summed E-state index contributed by atoms with van der Waals surface area (Å²) in [6.07, 6.45) is 0.349. The predicted molar refractivity (Wildman–Crippen MR) is 86.2 cm³/mol. The van der Waals surface area contributed by atoms with Crippen LogP contribution < -0.4 is 0 Å². The maximum atomic E-state index is 13.0. The lowest BCUT2D eigenvalue weighted by molar-refractivity contribution is -0.139. The molecular formula is C16H21N5O3. The molecule has 0 aliphatic carbocycles. The van der Waals surface area contributed by atoms with Gasteiger partial charge >= 0.3 is 5.97 Å². The van der Waals surface area contributed by atoms with Gasteiger partial charge in [0, 0.05) is 19.5 Å². The number of carboxylic acid groups (broad SMARTS) is 1. The molecule has 128 valence electrons. The van der Waals surface area contributed by atoms with Gasteiger partial charge in [0.1, 0.15) is 11.9 Å². The maximum absolute atomic E-state index is 13.0. The molecule has 2 aromatic rings. The fourth-order valence-corrected chi connectivity index (χ4v) is 2.51. The predicted octanol–water partition coefficient (Wildman–Crippen LogP) is 1.09. The first-order valence-electron chi connectivity index (χ1n) is 7.82. The molecule has 1 aromatic heterocycles. The summed E-state index contributed by atoms with van der Waals surface area (Å²) in [6.45, 7) is 4.15. The minimum atomic E-state index is -0.931. The summed E-state index contributed by atoms with van der Waals surface area (Å²) in [6, 6.07) is 9.00. The number of amides is 1. The Morgan fingerprint density at radius 2 is 2.00 bits per heavy atom. The highest BCUT2D eigenvalue weighted by Crippen LogP contribution is 2.18. The standard InChI is InChI=1S/C16H21N5O3/c1-3-20(10-9-15(22)23)16(24)14(21-12(2)17-18-19-21)11-13-7-5-4-6-8-13/h4-8,14H,3,9-11H2,1-2H3,(H,22,23). The molecule has 0 spiro atoms. The van der Waals surface area contributed by atoms with Crippen molar-refractivity contribution in [1.29, 1.82) is 0 Å². The molecule has 24 heavy (non-hydrogen) atoms. The number of aryl methyl sites for hydroxylation is 1. The fraction of sp³-hybridized carbons (Fsp3) is 0.438. The summed E-state index contributed by atoms with van der Waals surface area (Å²) in [7, 11) is 0. The highest BCUT2D eigenvalue weighted by atomic mass is 16.4. The number of likely N-dealkylation sites (N-methyl/N-ethyl adjacent to an activating group) is 1. The van der Waals surface area contributed by atoms with Gasteiger partial charge in [-0.25, -0.2) is 4.68 Å². The summed E-state index contributed by atoms with van der Waals surface area (Å²) < 4.78 is 1.50. The van der Waals surface area contributed by atoms with Gasteiger partial charge in [0.2, 0.25) is 5.91 Å². The second-order valence-electron chi connectivity index (χ2n) is 5.44. The van der Waals surface area contributed by atoms with E-state index in [2.05, 4.69) is 15.5 Å². The fourth-order valence-electron chi connectivity index (χ4n) is 2.51. The van der Waals surface area contributed by atoms with Crippen molar-refractivity contribution in [3.05, 3.63) is 41.7 Å². The lowest BCUT2D eigenvalue weighted by Crippen LogP contribution is -2.40. The molecule has 0 aliphatic heterocycles. The summed E-state index contributed by atoms with van der Waals surface area (Å²) in [5, 5.41) is 20.3. The van der Waals surface area contributed by atoms with Gasteiger partial charge in [-0.05, 0) is 29.8 Å². The number of carboxylic acids is 1. The van der Waals surface area contributed by atoms with Crippen LogP contribution in [0.4, 0.5) is 0 Å². The topological polar surface area (TPSA) is 101 Å². The number of hydrogen-bond acceptors (Lipinski definition) is 5. The van der Waals surface area contributed by atoms with Crippen molar-refractivity contribution in [2.45, 2.75) is 32.7 Å². The number of carbonyl (C=O) groups is 2. The second kappa shape index (κ2) is 8.19. The number of rotatable bonds is 8. The number of benzene rings is 1. The molecule has 1 atom stereocenters. The number of carbonyl (C=O) groups excluding carboxylic acids is 1. The zero-order chi connectivity index (χ0) is 17.5. The van der Waals surface area contributed by atoms with Crippen molar-refractivity contribution in [3.8, 4) is 0 Å². The van der Waals surface area contributed by atoms with Gasteiger partial charge in [0.15, 0.2) is 0 Å². The zero-order valence-electron chi connectivity index (χ0n) is 13.8. The molecule has 0 aliphatic rings. The zero-order valence-corrected chi connectivity index (χ0v) is 13.8. The van der Waals surface area contributed by atoms with Gasteiger partial charge in [-0.2, -0.15) is 0 Å². The van der Waals surface area contributed by atoms with E-state index in [9.17, 15) is 9.59 Å². The van der Waals surface area contributed by atoms with Crippen LogP contribution in [0.5, 0.6) is 0 Å². The van der Waals surface area contributed by atoms with E-state index in [0.29, 0.717) is 18.8 Å². The first-order valence-corrected chi connectivity index (χ1v) is 7.82. The molecule has 1 unspecified atom stereocenters. The second-order valence-corrected chi connectivity index (χ2v) is 5.44. The molecule has 8 nitrogen and oxygen atoms in total. The van der Waals surface area contributed by atoms with Crippen LogP contribution in [0.15, 0.2) is 30.3 Å². The van der Waals surface area contributed by atoms with Crippen molar-refractivity contribution in [1.82, 2.24) is 25.1 Å². The lowest BCUT2D eigenvalue weighted by atomic mass is 10.0. The first-order chi connectivity index (χ1) is 11.5. The van der Waals surface area contributed by atoms with Crippen LogP contribution in [0.25, 0.3) is 0 Å². The van der Waals surface area contributed by atoms with Gasteiger partial charge in [0.05, 0.1) is 6.42 Å². The summed E-state index contributed by atoms with van der Waals surface area (Å²) in [5.41, 5.74) is 0.986. The van der Waals surface area contributed by atoms with Crippen molar-refractivity contribution in [2.75, 3.05) is 13.1 Å². The molecule has 1 amide bonds. The summed E-state index contributed by atoms with van der Waals surface area (Å²) in [4.78, 5) is 25.3. The molecule has 0 bridgehead atoms. The smallest absolute Gasteiger partial charge is 0.305 e. The normalized spacial score (nSPS) is 11.9. The Labute approximate surface area is 140 Å². The maximum Gasteiger partial charge on any atom is 0.305 e. The van der Waals surface area contributed by atoms with Gasteiger partial charge in [-0.15, -0.1) is 5.10 Å². The largest absolute Gasteiger partial charge is 0.481 e. The van der Waals surface area contributed by atoms with Gasteiger partial charge in [0.25, 0.3) is 0 Å². The third-order valence-corrected chi connectivity index (χ3v) is 3.80. The Kier molecular flexibility index (Phi) is 6.00. The first kappa shape index (κ1) is 17.6. The van der Waals surface area contributed by atoms with E-state index in [-0.39, 0.29) is 18.9 Å². The SMILES string of the molecule is CCN(CCC(=O)O)C(=O)C(Cc1ccccc1)n1nnnc1C. The van der Waals surface area contributed by atoms with Crippen LogP contribution in [0, 0.1) is 6.92 Å². The van der Waals surface area contributed by atoms with E-state index < -0.39 is 12.0 Å². The number of tetrazole rings is 1. The molecular weight excluding hydrogens is 310 g/mol. The lowest BCUT2D eigenvalue weighted by Gasteiger charge is -2.26. The summed E-state index contributed by atoms with van der Waals surface area (Å²) >= 11 is 0. The molecule has 0 saturated heterocycles. The van der Waals surface area contributed by atoms with E-state index >= 15 is 0 Å². The summed E-state index contributed by atoms with van der Waals surface area (Å²) in [5.74, 6) is -0.573. The van der Waals surface area contributed by atoms with Crippen molar-refractivity contribution < 1.29 is 14.7 Å². The van der Waals surface area contributed by atoms with Crippen LogP contribution in [-0.2, 0) is 16.0 Å². The number of nitrogens with zero attached hydrogens (tertiary/aromatic N) is 5. The quantitative estimate of drug-likeness (QED) is 0.777. The minimum absolute atomic E-state index is 0.0910. The highest BCUT2D eigenvalue weighted by Gasteiger charge is 2.28. The number of hydrogen-bond donors (Lipinski definition) is 1. The van der Waals surface area contributed by atoms with E-state index in [4.69, 9.17) is 5.11 Å². The van der Waals surface area contributed by atoms with Crippen molar-refractivity contribution in [3.63, 3.8) is 0 Å². The van der Waals surface area contributed by atoms with E-state index in [1.165, 1.54) is 9.58 Å². The van der Waals surface area contributed by atoms with Gasteiger partial charge in [-0.3, -0.25) is 9.59 Å². The molecule has 1 aromatic carbocycles. The molecule has 0 saturated carbocycles. The van der Waals surface area contributed by atoms with E-state index in [1.54, 1.807) is 6.92 Å². The molecule has 1 N–H and O–H groups in total. The van der Waals surface area contributed by atoms with Crippen LogP contribution in [0.1, 0.15) is 30.8 Å². The van der Waals surface area contributed by atoms with Crippen molar-refractivity contribution >= 4 is 11.9 Å². The van der Waals surface area contributed by atoms with Gasteiger partial charge < -0.3 is 10.0 Å². The van der Waals surface area contributed by atoms with Crippen molar-refractivity contribution in [2.24, 2.45) is 0 Å². The van der Waals surface area contributed by atoms with Crippen LogP contribution >= 0.6 is 0 Å². The third kappa shape index (κ3) is 4.37. The average molecular weight is 331 g/mol. The highest BCUT2D eigenvalue weighted by molar-refractivity contribution is 5.81. The Bertz CT molecular complexity index is 686. The Hall–Kier alpha value is -2.77.